The number of nitrogens with two attached hydrogens (primary N) is 1. The van der Waals surface area contributed by atoms with E-state index in [1.807, 2.05) is 11.8 Å². The van der Waals surface area contributed by atoms with Crippen molar-refractivity contribution in [2.75, 3.05) is 30.8 Å². The van der Waals surface area contributed by atoms with Crippen LogP contribution in [0.1, 0.15) is 6.92 Å². The van der Waals surface area contributed by atoms with Gasteiger partial charge in [-0.2, -0.15) is 0 Å². The lowest BCUT2D eigenvalue weighted by Crippen LogP contribution is -2.36. The number of carbonyl (C=O) groups excluding carboxylic acids is 1. The lowest BCUT2D eigenvalue weighted by molar-refractivity contribution is -0.119. The average molecular weight is 287 g/mol. The molecule has 0 aliphatic carbocycles. The predicted octanol–water partition coefficient (Wildman–Crippen LogP) is 0.999. The number of hydrogen-bond donors (Lipinski definition) is 2. The minimum atomic E-state index is -0.0639. The van der Waals surface area contributed by atoms with Crippen LogP contribution in [-0.4, -0.2) is 31.0 Å². The van der Waals surface area contributed by atoms with Crippen LogP contribution in [0, 0.1) is 0 Å². The van der Waals surface area contributed by atoms with Crippen LogP contribution < -0.4 is 16.0 Å². The standard InChI is InChI=1S/C10H15BrN4O/c1-3-15(6-9(16)13-2)10-8(12)4-7(11)5-14-10/h4-5H,3,6,12H2,1-2H3,(H,13,16). The molecule has 0 saturated carbocycles. The number of carbonyl (C=O) groups is 1. The van der Waals surface area contributed by atoms with Gasteiger partial charge in [0, 0.05) is 24.3 Å². The third kappa shape index (κ3) is 3.10. The van der Waals surface area contributed by atoms with Gasteiger partial charge in [-0.1, -0.05) is 0 Å². The molecule has 0 atom stereocenters. The molecule has 0 saturated heterocycles. The van der Waals surface area contributed by atoms with Gasteiger partial charge in [-0.3, -0.25) is 4.79 Å². The molecule has 1 heterocycles. The molecule has 1 rings (SSSR count). The minimum Gasteiger partial charge on any atom is -0.396 e. The quantitative estimate of drug-likeness (QED) is 0.866. The Bertz CT molecular complexity index is 383. The zero-order valence-corrected chi connectivity index (χ0v) is 10.9. The Morgan fingerprint density at radius 2 is 2.38 bits per heavy atom. The molecule has 0 bridgehead atoms. The fraction of sp³-hybridized carbons (Fsp3) is 0.400. The summed E-state index contributed by atoms with van der Waals surface area (Å²) < 4.78 is 0.824. The van der Waals surface area contributed by atoms with Crippen molar-refractivity contribution in [1.82, 2.24) is 10.3 Å². The van der Waals surface area contributed by atoms with Crippen molar-refractivity contribution in [2.45, 2.75) is 6.92 Å². The SMILES string of the molecule is CCN(CC(=O)NC)c1ncc(Br)cc1N. The molecule has 0 spiro atoms. The summed E-state index contributed by atoms with van der Waals surface area (Å²) in [4.78, 5) is 17.3. The van der Waals surface area contributed by atoms with E-state index in [1.54, 1.807) is 19.3 Å². The smallest absolute Gasteiger partial charge is 0.239 e. The number of nitrogen functional groups attached to an aromatic ring is 1. The van der Waals surface area contributed by atoms with Gasteiger partial charge in [0.05, 0.1) is 12.2 Å². The Labute approximate surface area is 103 Å². The van der Waals surface area contributed by atoms with Crippen LogP contribution in [0.15, 0.2) is 16.7 Å². The number of nitrogens with one attached hydrogen (secondary N) is 1. The molecule has 16 heavy (non-hydrogen) atoms. The Balaban J connectivity index is 2.90. The van der Waals surface area contributed by atoms with Crippen LogP contribution in [0.4, 0.5) is 11.5 Å². The molecule has 0 aromatic carbocycles. The topological polar surface area (TPSA) is 71.2 Å². The van der Waals surface area contributed by atoms with Gasteiger partial charge in [0.25, 0.3) is 0 Å². The molecule has 5 nitrogen and oxygen atoms in total. The molecular weight excluding hydrogens is 272 g/mol. The van der Waals surface area contributed by atoms with Gasteiger partial charge in [0.15, 0.2) is 5.82 Å². The number of anilines is 2. The van der Waals surface area contributed by atoms with Gasteiger partial charge in [0.1, 0.15) is 0 Å². The Morgan fingerprint density at radius 1 is 1.69 bits per heavy atom. The van der Waals surface area contributed by atoms with Gasteiger partial charge >= 0.3 is 0 Å². The van der Waals surface area contributed by atoms with Crippen molar-refractivity contribution in [3.8, 4) is 0 Å². The van der Waals surface area contributed by atoms with Crippen LogP contribution >= 0.6 is 15.9 Å². The maximum atomic E-state index is 11.3. The van der Waals surface area contributed by atoms with Crippen LogP contribution in [0.25, 0.3) is 0 Å². The fourth-order valence-electron chi connectivity index (χ4n) is 1.30. The van der Waals surface area contributed by atoms with Crippen molar-refractivity contribution in [3.63, 3.8) is 0 Å². The second-order valence-electron chi connectivity index (χ2n) is 3.25. The van der Waals surface area contributed by atoms with E-state index in [9.17, 15) is 4.79 Å². The van der Waals surface area contributed by atoms with Crippen LogP contribution in [0.5, 0.6) is 0 Å². The molecule has 1 aromatic heterocycles. The number of likely N-dealkylation sites (N-methyl/N-ethyl adjacent to an activating group) is 2. The van der Waals surface area contributed by atoms with E-state index in [2.05, 4.69) is 26.2 Å². The lowest BCUT2D eigenvalue weighted by Gasteiger charge is -2.22. The first-order valence-electron chi connectivity index (χ1n) is 4.95. The maximum Gasteiger partial charge on any atom is 0.239 e. The molecule has 88 valence electrons. The van der Waals surface area contributed by atoms with Crippen molar-refractivity contribution in [2.24, 2.45) is 0 Å². The van der Waals surface area contributed by atoms with E-state index in [4.69, 9.17) is 5.73 Å². The largest absolute Gasteiger partial charge is 0.396 e. The van der Waals surface area contributed by atoms with Gasteiger partial charge in [-0.25, -0.2) is 4.98 Å². The van der Waals surface area contributed by atoms with Crippen molar-refractivity contribution in [3.05, 3.63) is 16.7 Å². The molecular formula is C10H15BrN4O. The molecule has 0 fully saturated rings. The van der Waals surface area contributed by atoms with E-state index in [0.29, 0.717) is 18.1 Å². The molecule has 3 N–H and O–H groups in total. The highest BCUT2D eigenvalue weighted by atomic mass is 79.9. The van der Waals surface area contributed by atoms with Crippen molar-refractivity contribution >= 4 is 33.3 Å². The zero-order chi connectivity index (χ0) is 12.1. The molecule has 0 aliphatic rings. The Hall–Kier alpha value is -1.30. The zero-order valence-electron chi connectivity index (χ0n) is 9.33. The molecule has 0 radical (unpaired) electrons. The van der Waals surface area contributed by atoms with E-state index >= 15 is 0 Å². The third-order valence-electron chi connectivity index (χ3n) is 2.16. The first kappa shape index (κ1) is 12.8. The summed E-state index contributed by atoms with van der Waals surface area (Å²) in [5.41, 5.74) is 6.40. The number of pyridine rings is 1. The Morgan fingerprint density at radius 3 is 2.88 bits per heavy atom. The van der Waals surface area contributed by atoms with E-state index in [-0.39, 0.29) is 12.5 Å². The number of rotatable bonds is 4. The number of halogens is 1. The average Bonchev–Trinajstić information content (AvgIpc) is 2.26. The first-order valence-corrected chi connectivity index (χ1v) is 5.74. The van der Waals surface area contributed by atoms with E-state index in [1.165, 1.54) is 0 Å². The minimum absolute atomic E-state index is 0.0639. The van der Waals surface area contributed by atoms with Crippen LogP contribution in [0.2, 0.25) is 0 Å². The summed E-state index contributed by atoms with van der Waals surface area (Å²) >= 11 is 3.29. The van der Waals surface area contributed by atoms with Gasteiger partial charge in [-0.05, 0) is 28.9 Å². The normalized spacial score (nSPS) is 9.94. The monoisotopic (exact) mass is 286 g/mol. The molecule has 0 aliphatic heterocycles. The number of hydrogen-bond acceptors (Lipinski definition) is 4. The molecule has 0 unspecified atom stereocenters. The summed E-state index contributed by atoms with van der Waals surface area (Å²) in [5, 5.41) is 2.57. The van der Waals surface area contributed by atoms with Crippen LogP contribution in [-0.2, 0) is 4.79 Å². The lowest BCUT2D eigenvalue weighted by atomic mass is 10.3. The summed E-state index contributed by atoms with van der Waals surface area (Å²) in [6, 6.07) is 1.77. The van der Waals surface area contributed by atoms with Gasteiger partial charge < -0.3 is 16.0 Å². The number of amides is 1. The third-order valence-corrected chi connectivity index (χ3v) is 2.59. The second-order valence-corrected chi connectivity index (χ2v) is 4.17. The molecule has 1 amide bonds. The summed E-state index contributed by atoms with van der Waals surface area (Å²) in [7, 11) is 1.61. The highest BCUT2D eigenvalue weighted by molar-refractivity contribution is 9.10. The predicted molar refractivity (Wildman–Crippen MR) is 68.3 cm³/mol. The highest BCUT2D eigenvalue weighted by Gasteiger charge is 2.12. The highest BCUT2D eigenvalue weighted by Crippen LogP contribution is 2.23. The van der Waals surface area contributed by atoms with Gasteiger partial charge in [0.2, 0.25) is 5.91 Å². The molecule has 1 aromatic rings. The van der Waals surface area contributed by atoms with Crippen LogP contribution in [0.3, 0.4) is 0 Å². The van der Waals surface area contributed by atoms with E-state index < -0.39 is 0 Å². The summed E-state index contributed by atoms with van der Waals surface area (Å²) in [6.45, 7) is 2.88. The Kier molecular flexibility index (Phi) is 4.54. The fourth-order valence-corrected chi connectivity index (χ4v) is 1.65. The maximum absolute atomic E-state index is 11.3. The molecule has 6 heteroatoms. The summed E-state index contributed by atoms with van der Waals surface area (Å²) in [5.74, 6) is 0.570. The van der Waals surface area contributed by atoms with Crippen molar-refractivity contribution < 1.29 is 4.79 Å². The van der Waals surface area contributed by atoms with Gasteiger partial charge in [-0.15, -0.1) is 0 Å². The summed E-state index contributed by atoms with van der Waals surface area (Å²) in [6.07, 6.45) is 1.66. The van der Waals surface area contributed by atoms with Crippen molar-refractivity contribution in [1.29, 1.82) is 0 Å². The number of nitrogens with zero attached hydrogens (tertiary/aromatic N) is 2. The number of aromatic nitrogens is 1. The second kappa shape index (κ2) is 5.69. The first-order chi connectivity index (χ1) is 7.58. The van der Waals surface area contributed by atoms with E-state index in [0.717, 1.165) is 4.47 Å².